The van der Waals surface area contributed by atoms with Crippen molar-refractivity contribution in [3.8, 4) is 0 Å². The molecule has 72 valence electrons. The molecule has 0 spiro atoms. The molecule has 1 rings (SSSR count). The van der Waals surface area contributed by atoms with Gasteiger partial charge in [-0.2, -0.15) is 0 Å². The average Bonchev–Trinajstić information content (AvgIpc) is 2.25. The first-order chi connectivity index (χ1) is 6.15. The molecule has 5 heteroatoms. The lowest BCUT2D eigenvalue weighted by Gasteiger charge is -2.08. The Hall–Kier alpha value is -1.23. The summed E-state index contributed by atoms with van der Waals surface area (Å²) in [4.78, 5) is 33.2. The SMILES string of the molecule is NCC(=O)C1CCCC(=O)NC1=O. The third-order valence-corrected chi connectivity index (χ3v) is 2.07. The Morgan fingerprint density at radius 3 is 2.85 bits per heavy atom. The monoisotopic (exact) mass is 184 g/mol. The normalized spacial score (nSPS) is 23.6. The fourth-order valence-electron chi connectivity index (χ4n) is 1.33. The molecule has 0 radical (unpaired) electrons. The summed E-state index contributed by atoms with van der Waals surface area (Å²) >= 11 is 0. The summed E-state index contributed by atoms with van der Waals surface area (Å²) in [6.45, 7) is -0.147. The van der Waals surface area contributed by atoms with Crippen LogP contribution in [0.3, 0.4) is 0 Å². The van der Waals surface area contributed by atoms with Gasteiger partial charge < -0.3 is 5.73 Å². The Kier molecular flexibility index (Phi) is 3.13. The van der Waals surface area contributed by atoms with E-state index in [0.717, 1.165) is 0 Å². The van der Waals surface area contributed by atoms with E-state index in [1.807, 2.05) is 0 Å². The lowest BCUT2D eigenvalue weighted by atomic mass is 9.98. The van der Waals surface area contributed by atoms with Gasteiger partial charge in [-0.15, -0.1) is 0 Å². The average molecular weight is 184 g/mol. The van der Waals surface area contributed by atoms with Crippen molar-refractivity contribution in [3.05, 3.63) is 0 Å². The first kappa shape index (κ1) is 9.85. The van der Waals surface area contributed by atoms with Gasteiger partial charge in [-0.25, -0.2) is 0 Å². The number of amides is 2. The minimum Gasteiger partial charge on any atom is -0.324 e. The second-order valence-corrected chi connectivity index (χ2v) is 3.03. The van der Waals surface area contributed by atoms with E-state index in [0.29, 0.717) is 19.3 Å². The van der Waals surface area contributed by atoms with Crippen molar-refractivity contribution < 1.29 is 14.4 Å². The maximum absolute atomic E-state index is 11.2. The Bertz CT molecular complexity index is 250. The quantitative estimate of drug-likeness (QED) is 0.423. The van der Waals surface area contributed by atoms with E-state index in [-0.39, 0.29) is 18.2 Å². The van der Waals surface area contributed by atoms with E-state index in [4.69, 9.17) is 5.73 Å². The zero-order valence-electron chi connectivity index (χ0n) is 7.21. The predicted molar refractivity (Wildman–Crippen MR) is 44.6 cm³/mol. The summed E-state index contributed by atoms with van der Waals surface area (Å²) in [5.74, 6) is -1.83. The van der Waals surface area contributed by atoms with E-state index in [9.17, 15) is 14.4 Å². The molecule has 1 aliphatic rings. The van der Waals surface area contributed by atoms with Gasteiger partial charge in [-0.05, 0) is 12.8 Å². The number of Topliss-reactive ketones (excluding diaryl/α,β-unsaturated/α-hetero) is 1. The lowest BCUT2D eigenvalue weighted by molar-refractivity contribution is -0.135. The molecular weight excluding hydrogens is 172 g/mol. The first-order valence-corrected chi connectivity index (χ1v) is 4.21. The third-order valence-electron chi connectivity index (χ3n) is 2.07. The maximum Gasteiger partial charge on any atom is 0.237 e. The van der Waals surface area contributed by atoms with Crippen LogP contribution in [0.2, 0.25) is 0 Å². The molecule has 1 saturated heterocycles. The van der Waals surface area contributed by atoms with Gasteiger partial charge in [0.2, 0.25) is 11.8 Å². The molecule has 0 aromatic heterocycles. The van der Waals surface area contributed by atoms with E-state index >= 15 is 0 Å². The smallest absolute Gasteiger partial charge is 0.237 e. The predicted octanol–water partition coefficient (Wildman–Crippen LogP) is -1.04. The Labute approximate surface area is 75.7 Å². The number of imide groups is 1. The molecule has 0 aromatic rings. The van der Waals surface area contributed by atoms with Gasteiger partial charge in [0, 0.05) is 6.42 Å². The molecule has 0 bridgehead atoms. The fourth-order valence-corrected chi connectivity index (χ4v) is 1.33. The van der Waals surface area contributed by atoms with Gasteiger partial charge >= 0.3 is 0 Å². The highest BCUT2D eigenvalue weighted by molar-refractivity contribution is 6.08. The third kappa shape index (κ3) is 2.35. The van der Waals surface area contributed by atoms with Crippen LogP contribution in [0, 0.1) is 5.92 Å². The topological polar surface area (TPSA) is 89.3 Å². The van der Waals surface area contributed by atoms with Crippen LogP contribution in [0.25, 0.3) is 0 Å². The number of carbonyl (C=O) groups is 3. The van der Waals surface area contributed by atoms with E-state index in [2.05, 4.69) is 5.32 Å². The number of rotatable bonds is 2. The summed E-state index contributed by atoms with van der Waals surface area (Å²) < 4.78 is 0. The highest BCUT2D eigenvalue weighted by Gasteiger charge is 2.28. The molecule has 0 aromatic carbocycles. The summed E-state index contributed by atoms with van der Waals surface area (Å²) in [7, 11) is 0. The summed E-state index contributed by atoms with van der Waals surface area (Å²) in [6, 6.07) is 0. The molecule has 5 nitrogen and oxygen atoms in total. The first-order valence-electron chi connectivity index (χ1n) is 4.21. The Balaban J connectivity index is 2.69. The van der Waals surface area contributed by atoms with Crippen LogP contribution in [0.15, 0.2) is 0 Å². The van der Waals surface area contributed by atoms with Crippen molar-refractivity contribution in [1.29, 1.82) is 0 Å². The van der Waals surface area contributed by atoms with Crippen LogP contribution < -0.4 is 11.1 Å². The molecular formula is C8H12N2O3. The van der Waals surface area contributed by atoms with E-state index in [1.165, 1.54) is 0 Å². The van der Waals surface area contributed by atoms with Gasteiger partial charge in [0.15, 0.2) is 5.78 Å². The van der Waals surface area contributed by atoms with Crippen molar-refractivity contribution in [2.75, 3.05) is 6.54 Å². The van der Waals surface area contributed by atoms with Crippen LogP contribution >= 0.6 is 0 Å². The minimum absolute atomic E-state index is 0.147. The zero-order chi connectivity index (χ0) is 9.84. The molecule has 13 heavy (non-hydrogen) atoms. The molecule has 0 saturated carbocycles. The number of nitrogens with two attached hydrogens (primary N) is 1. The van der Waals surface area contributed by atoms with Gasteiger partial charge in [0.25, 0.3) is 0 Å². The molecule has 0 aliphatic carbocycles. The summed E-state index contributed by atoms with van der Waals surface area (Å²) in [6.07, 6.45) is 1.29. The van der Waals surface area contributed by atoms with Crippen molar-refractivity contribution in [1.82, 2.24) is 5.32 Å². The molecule has 2 amide bonds. The van der Waals surface area contributed by atoms with Crippen LogP contribution in [0.5, 0.6) is 0 Å². The molecule has 1 unspecified atom stereocenters. The number of hydrogen-bond acceptors (Lipinski definition) is 4. The van der Waals surface area contributed by atoms with Crippen molar-refractivity contribution in [2.45, 2.75) is 19.3 Å². The summed E-state index contributed by atoms with van der Waals surface area (Å²) in [5, 5.41) is 2.15. The highest BCUT2D eigenvalue weighted by atomic mass is 16.2. The van der Waals surface area contributed by atoms with Gasteiger partial charge in [0.1, 0.15) is 0 Å². The largest absolute Gasteiger partial charge is 0.324 e. The highest BCUT2D eigenvalue weighted by Crippen LogP contribution is 2.13. The Morgan fingerprint density at radius 1 is 1.54 bits per heavy atom. The number of carbonyl (C=O) groups excluding carboxylic acids is 3. The Morgan fingerprint density at radius 2 is 2.23 bits per heavy atom. The van der Waals surface area contributed by atoms with Crippen LogP contribution in [0.1, 0.15) is 19.3 Å². The van der Waals surface area contributed by atoms with Gasteiger partial charge in [0.05, 0.1) is 12.5 Å². The lowest BCUT2D eigenvalue weighted by Crippen LogP contribution is -2.38. The molecule has 1 aliphatic heterocycles. The van der Waals surface area contributed by atoms with Crippen molar-refractivity contribution in [2.24, 2.45) is 11.7 Å². The number of nitrogens with one attached hydrogen (secondary N) is 1. The van der Waals surface area contributed by atoms with Crippen LogP contribution in [-0.4, -0.2) is 24.1 Å². The van der Waals surface area contributed by atoms with Crippen molar-refractivity contribution in [3.63, 3.8) is 0 Å². The molecule has 1 atom stereocenters. The second-order valence-electron chi connectivity index (χ2n) is 3.03. The summed E-state index contributed by atoms with van der Waals surface area (Å²) in [5.41, 5.74) is 5.14. The standard InChI is InChI=1S/C8H12N2O3/c9-4-6(11)5-2-1-3-7(12)10-8(5)13/h5H,1-4,9H2,(H,10,12,13). The van der Waals surface area contributed by atoms with Crippen LogP contribution in [0.4, 0.5) is 0 Å². The van der Waals surface area contributed by atoms with E-state index < -0.39 is 11.8 Å². The van der Waals surface area contributed by atoms with Gasteiger partial charge in [-0.3, -0.25) is 19.7 Å². The maximum atomic E-state index is 11.2. The number of hydrogen-bond donors (Lipinski definition) is 2. The van der Waals surface area contributed by atoms with Crippen LogP contribution in [-0.2, 0) is 14.4 Å². The molecule has 1 fully saturated rings. The van der Waals surface area contributed by atoms with E-state index in [1.54, 1.807) is 0 Å². The minimum atomic E-state index is -0.726. The molecule has 3 N–H and O–H groups in total. The van der Waals surface area contributed by atoms with Crippen molar-refractivity contribution >= 4 is 17.6 Å². The molecule has 1 heterocycles. The fraction of sp³-hybridized carbons (Fsp3) is 0.625. The number of ketones is 1. The van der Waals surface area contributed by atoms with Gasteiger partial charge in [-0.1, -0.05) is 0 Å². The second kappa shape index (κ2) is 4.13. The zero-order valence-corrected chi connectivity index (χ0v) is 7.21.